The fraction of sp³-hybridized carbons (Fsp3) is 0.762. The van der Waals surface area contributed by atoms with Crippen LogP contribution in [0.2, 0.25) is 0 Å². The largest absolute Gasteiger partial charge is 0.502 e. The zero-order valence-electron chi connectivity index (χ0n) is 22.5. The predicted molar refractivity (Wildman–Crippen MR) is 136 cm³/mol. The van der Waals surface area contributed by atoms with E-state index in [-0.39, 0.29) is 25.1 Å². The van der Waals surface area contributed by atoms with E-state index in [0.29, 0.717) is 0 Å². The van der Waals surface area contributed by atoms with Gasteiger partial charge in [0.25, 0.3) is 5.56 Å². The minimum absolute atomic E-state index is 0.00917. The van der Waals surface area contributed by atoms with Crippen molar-refractivity contribution in [3.63, 3.8) is 0 Å². The molecule has 1 aliphatic heterocycles. The summed E-state index contributed by atoms with van der Waals surface area (Å²) in [6, 6.07) is 2.58. The summed E-state index contributed by atoms with van der Waals surface area (Å²) < 4.78 is 54.5. The Labute approximate surface area is 221 Å². The van der Waals surface area contributed by atoms with Crippen LogP contribution in [0.15, 0.2) is 21.9 Å². The van der Waals surface area contributed by atoms with Crippen LogP contribution in [0.3, 0.4) is 0 Å². The van der Waals surface area contributed by atoms with Crippen LogP contribution in [-0.2, 0) is 36.9 Å². The molecular weight excluding hydrogens is 546 g/mol. The van der Waals surface area contributed by atoms with Crippen molar-refractivity contribution in [1.29, 1.82) is 5.26 Å². The first-order valence-electron chi connectivity index (χ1n) is 11.8. The lowest BCUT2D eigenvalue weighted by atomic mass is 10.2. The molecule has 1 aromatic rings. The minimum atomic E-state index is -3.91. The van der Waals surface area contributed by atoms with Crippen molar-refractivity contribution in [2.45, 2.75) is 70.9 Å². The van der Waals surface area contributed by atoms with E-state index in [4.69, 9.17) is 37.6 Å². The Morgan fingerprint density at radius 1 is 1.21 bits per heavy atom. The first-order chi connectivity index (χ1) is 17.9. The molecule has 2 N–H and O–H groups in total. The molecule has 0 aromatic carbocycles. The fourth-order valence-corrected chi connectivity index (χ4v) is 7.03. The number of methoxy groups -OCH3 is 1. The lowest BCUT2D eigenvalue weighted by Crippen LogP contribution is -2.44. The van der Waals surface area contributed by atoms with Gasteiger partial charge in [-0.25, -0.2) is 4.79 Å². The molecule has 0 bridgehead atoms. The Morgan fingerprint density at radius 3 is 2.34 bits per heavy atom. The van der Waals surface area contributed by atoms with E-state index in [1.807, 2.05) is 33.8 Å². The van der Waals surface area contributed by atoms with Gasteiger partial charge < -0.3 is 23.3 Å². The highest BCUT2D eigenvalue weighted by Gasteiger charge is 2.61. The van der Waals surface area contributed by atoms with Crippen molar-refractivity contribution in [1.82, 2.24) is 14.2 Å². The molecule has 1 saturated heterocycles. The number of nitriles is 1. The average Bonchev–Trinajstić information content (AvgIpc) is 3.18. The zero-order chi connectivity index (χ0) is 28.7. The number of hydrogen-bond acceptors (Lipinski definition) is 13. The summed E-state index contributed by atoms with van der Waals surface area (Å²) in [6.45, 7) is 7.23. The van der Waals surface area contributed by atoms with Crippen molar-refractivity contribution < 1.29 is 41.8 Å². The average molecular weight is 583 g/mol. The summed E-state index contributed by atoms with van der Waals surface area (Å²) in [5, 5.41) is 9.00. The Kier molecular flexibility index (Phi) is 12.2. The van der Waals surface area contributed by atoms with Crippen LogP contribution in [-0.4, -0.2) is 84.0 Å². The third-order valence-corrected chi connectivity index (χ3v) is 9.70. The van der Waals surface area contributed by atoms with E-state index in [1.165, 1.54) is 27.5 Å². The Hall–Kier alpha value is -1.53. The van der Waals surface area contributed by atoms with Gasteiger partial charge in [0.2, 0.25) is 0 Å². The van der Waals surface area contributed by atoms with Gasteiger partial charge in [-0.2, -0.15) is 19.2 Å². The molecule has 1 aliphatic rings. The van der Waals surface area contributed by atoms with Gasteiger partial charge in [0.05, 0.1) is 12.5 Å². The summed E-state index contributed by atoms with van der Waals surface area (Å²) in [5.74, 6) is 0. The maximum absolute atomic E-state index is 12.7. The lowest BCUT2D eigenvalue weighted by Gasteiger charge is -2.35. The summed E-state index contributed by atoms with van der Waals surface area (Å²) in [7, 11) is -3.86. The molecule has 1 unspecified atom stereocenters. The molecular formula is C21H37N4O11P2+. The van der Waals surface area contributed by atoms with Crippen LogP contribution in [0.4, 0.5) is 0 Å². The van der Waals surface area contributed by atoms with Crippen molar-refractivity contribution in [2.24, 2.45) is 0 Å². The molecule has 0 amide bonds. The first-order valence-corrected chi connectivity index (χ1v) is 15.0. The van der Waals surface area contributed by atoms with E-state index in [0.717, 1.165) is 10.6 Å². The molecule has 2 rings (SSSR count). The highest BCUT2D eigenvalue weighted by molar-refractivity contribution is 7.58. The van der Waals surface area contributed by atoms with Crippen molar-refractivity contribution in [3.05, 3.63) is 33.1 Å². The molecule has 0 saturated carbocycles. The first kappa shape index (κ1) is 32.7. The van der Waals surface area contributed by atoms with Gasteiger partial charge in [-0.3, -0.25) is 18.9 Å². The van der Waals surface area contributed by atoms with Crippen LogP contribution in [0.1, 0.15) is 40.3 Å². The monoisotopic (exact) mass is 583 g/mol. The van der Waals surface area contributed by atoms with Crippen LogP contribution < -0.4 is 11.2 Å². The minimum Gasteiger partial charge on any atom is -0.374 e. The van der Waals surface area contributed by atoms with Crippen molar-refractivity contribution in [3.8, 4) is 6.07 Å². The van der Waals surface area contributed by atoms with Gasteiger partial charge in [0.1, 0.15) is 12.7 Å². The number of H-pyrrole nitrogens is 1. The molecule has 15 nitrogen and oxygen atoms in total. The second-order valence-corrected chi connectivity index (χ2v) is 12.9. The molecule has 17 heteroatoms. The molecule has 1 fully saturated rings. The van der Waals surface area contributed by atoms with Gasteiger partial charge >= 0.3 is 21.4 Å². The number of nitrogens with one attached hydrogen (secondary N) is 1. The highest BCUT2D eigenvalue weighted by Crippen LogP contribution is 2.64. The van der Waals surface area contributed by atoms with Gasteiger partial charge in [-0.05, 0) is 27.7 Å². The smallest absolute Gasteiger partial charge is 0.374 e. The standard InChI is InChI=1S/C21H36N4O11P2/c1-14(2)25(15(3)4)38(29,34-12-8-10-22)36-18-17(30-5)19(24-11-9-16(26)23-21(24)27)35-20(18)33-13-37(28,31-6)32-7/h9,11,14-15,17-20,29H,8,12-13H2,1-7H3/p+1/t17-,18+,19-,20+,38?/m1/s1. The number of nitrogens with zero attached hydrogens (tertiary/aromatic N) is 3. The summed E-state index contributed by atoms with van der Waals surface area (Å²) in [6.07, 6.45) is -4.24. The van der Waals surface area contributed by atoms with E-state index >= 15 is 0 Å². The number of aromatic amines is 1. The quantitative estimate of drug-likeness (QED) is 0.226. The SMILES string of the molecule is CO[C@@H]1[C@H](O[P+](O)(OCCC#N)N(C(C)C)C(C)C)[C@@H](OCP(=O)(OC)OC)O[C@H]1n1ccc(=O)[nH]c1=O. The topological polar surface area (TPSA) is 184 Å². The Morgan fingerprint density at radius 2 is 1.84 bits per heavy atom. The lowest BCUT2D eigenvalue weighted by molar-refractivity contribution is -0.168. The number of ether oxygens (including phenoxy) is 3. The van der Waals surface area contributed by atoms with Gasteiger partial charge in [0, 0.05) is 45.7 Å². The van der Waals surface area contributed by atoms with Crippen LogP contribution in [0, 0.1) is 11.3 Å². The molecule has 1 aromatic heterocycles. The second kappa shape index (κ2) is 14.2. The molecule has 5 atom stereocenters. The Bertz CT molecular complexity index is 1090. The van der Waals surface area contributed by atoms with Crippen LogP contribution >= 0.6 is 15.7 Å². The number of aromatic nitrogens is 2. The predicted octanol–water partition coefficient (Wildman–Crippen LogP) is 1.97. The van der Waals surface area contributed by atoms with E-state index in [1.54, 1.807) is 4.67 Å². The number of rotatable bonds is 15. The molecule has 216 valence electrons. The summed E-state index contributed by atoms with van der Waals surface area (Å²) >= 11 is 0. The molecule has 2 heterocycles. The maximum atomic E-state index is 12.7. The third-order valence-electron chi connectivity index (χ3n) is 5.58. The van der Waals surface area contributed by atoms with Crippen molar-refractivity contribution in [2.75, 3.05) is 34.3 Å². The molecule has 0 spiro atoms. The van der Waals surface area contributed by atoms with Crippen molar-refractivity contribution >= 4 is 15.7 Å². The molecule has 38 heavy (non-hydrogen) atoms. The number of hydrogen-bond donors (Lipinski definition) is 2. The maximum Gasteiger partial charge on any atom is 0.502 e. The van der Waals surface area contributed by atoms with E-state index < -0.39 is 58.0 Å². The van der Waals surface area contributed by atoms with E-state index in [2.05, 4.69) is 4.98 Å². The molecule has 0 radical (unpaired) electrons. The summed E-state index contributed by atoms with van der Waals surface area (Å²) in [5.41, 5.74) is -1.40. The highest BCUT2D eigenvalue weighted by atomic mass is 31.2. The normalized spacial score (nSPS) is 23.7. The Balaban J connectivity index is 2.55. The van der Waals surface area contributed by atoms with Gasteiger partial charge in [-0.1, -0.05) is 4.67 Å². The second-order valence-electron chi connectivity index (χ2n) is 8.75. The van der Waals surface area contributed by atoms with Crippen LogP contribution in [0.5, 0.6) is 0 Å². The van der Waals surface area contributed by atoms with Gasteiger partial charge in [-0.15, -0.1) is 0 Å². The van der Waals surface area contributed by atoms with Gasteiger partial charge in [0.15, 0.2) is 25.0 Å². The molecule has 0 aliphatic carbocycles. The third kappa shape index (κ3) is 7.78. The zero-order valence-corrected chi connectivity index (χ0v) is 24.3. The van der Waals surface area contributed by atoms with Crippen LogP contribution in [0.25, 0.3) is 0 Å². The van der Waals surface area contributed by atoms with E-state index in [9.17, 15) is 19.0 Å². The fourth-order valence-electron chi connectivity index (χ4n) is 4.00. The summed E-state index contributed by atoms with van der Waals surface area (Å²) in [4.78, 5) is 38.1.